The second-order valence-corrected chi connectivity index (χ2v) is 6.23. The van der Waals surface area contributed by atoms with Crippen molar-refractivity contribution < 1.29 is 4.79 Å². The summed E-state index contributed by atoms with van der Waals surface area (Å²) >= 11 is 0. The molecule has 2 aromatic heterocycles. The van der Waals surface area contributed by atoms with Crippen molar-refractivity contribution >= 4 is 11.6 Å². The monoisotopic (exact) mass is 327 g/mol. The Hall–Kier alpha value is -2.37. The van der Waals surface area contributed by atoms with Crippen molar-refractivity contribution in [1.29, 1.82) is 0 Å². The summed E-state index contributed by atoms with van der Waals surface area (Å²) in [6, 6.07) is 5.82. The lowest BCUT2D eigenvalue weighted by atomic mass is 10.2. The van der Waals surface area contributed by atoms with Crippen LogP contribution in [0.15, 0.2) is 36.8 Å². The van der Waals surface area contributed by atoms with E-state index in [1.54, 1.807) is 10.9 Å². The molecular formula is C18H25N5O. The van der Waals surface area contributed by atoms with Crippen LogP contribution in [0.5, 0.6) is 0 Å². The molecule has 1 amide bonds. The van der Waals surface area contributed by atoms with Crippen LogP contribution in [0.4, 0.5) is 5.69 Å². The van der Waals surface area contributed by atoms with Crippen LogP contribution >= 0.6 is 0 Å². The third kappa shape index (κ3) is 3.58. The maximum Gasteiger partial charge on any atom is 0.247 e. The van der Waals surface area contributed by atoms with Gasteiger partial charge in [0.25, 0.3) is 0 Å². The van der Waals surface area contributed by atoms with Crippen molar-refractivity contribution in [3.8, 4) is 0 Å². The van der Waals surface area contributed by atoms with Gasteiger partial charge in [0.2, 0.25) is 5.91 Å². The molecule has 128 valence electrons. The van der Waals surface area contributed by atoms with E-state index < -0.39 is 0 Å². The van der Waals surface area contributed by atoms with E-state index in [1.807, 2.05) is 43.3 Å². The van der Waals surface area contributed by atoms with Gasteiger partial charge in [0.05, 0.1) is 0 Å². The summed E-state index contributed by atoms with van der Waals surface area (Å²) in [5.41, 5.74) is 2.21. The summed E-state index contributed by atoms with van der Waals surface area (Å²) in [6.07, 6.45) is 7.18. The molecule has 2 aromatic rings. The standard InChI is InChI=1S/C18H25N5O/c1-3-17(23-11-4-7-20-23)18(24)22-10-5-9-21(12-13-22)16-6-8-19-15(2)14-16/h4,6-8,11,14,17H,3,5,9-10,12-13H2,1-2H3. The van der Waals surface area contributed by atoms with Gasteiger partial charge >= 0.3 is 0 Å². The molecule has 0 aliphatic carbocycles. The van der Waals surface area contributed by atoms with E-state index >= 15 is 0 Å². The normalized spacial score (nSPS) is 16.8. The maximum absolute atomic E-state index is 12.9. The number of anilines is 1. The first kappa shape index (κ1) is 16.5. The molecule has 6 nitrogen and oxygen atoms in total. The van der Waals surface area contributed by atoms with Crippen LogP contribution in [0.25, 0.3) is 0 Å². The topological polar surface area (TPSA) is 54.3 Å². The molecule has 6 heteroatoms. The molecule has 1 atom stereocenters. The highest BCUT2D eigenvalue weighted by Gasteiger charge is 2.26. The van der Waals surface area contributed by atoms with Gasteiger partial charge in [-0.1, -0.05) is 6.92 Å². The quantitative estimate of drug-likeness (QED) is 0.864. The summed E-state index contributed by atoms with van der Waals surface area (Å²) in [5, 5.41) is 4.25. The van der Waals surface area contributed by atoms with Crippen LogP contribution in [-0.2, 0) is 4.79 Å². The number of carbonyl (C=O) groups is 1. The van der Waals surface area contributed by atoms with Crippen molar-refractivity contribution in [2.45, 2.75) is 32.7 Å². The second-order valence-electron chi connectivity index (χ2n) is 6.23. The van der Waals surface area contributed by atoms with Gasteiger partial charge in [0.15, 0.2) is 0 Å². The van der Waals surface area contributed by atoms with Gasteiger partial charge in [-0.05, 0) is 38.0 Å². The highest BCUT2D eigenvalue weighted by atomic mass is 16.2. The number of nitrogens with zero attached hydrogens (tertiary/aromatic N) is 5. The number of carbonyl (C=O) groups excluding carboxylic acids is 1. The average Bonchev–Trinajstić information content (AvgIpc) is 2.99. The summed E-state index contributed by atoms with van der Waals surface area (Å²) in [7, 11) is 0. The van der Waals surface area contributed by atoms with Crippen LogP contribution in [0.3, 0.4) is 0 Å². The summed E-state index contributed by atoms with van der Waals surface area (Å²) in [5.74, 6) is 0.175. The Kier molecular flexibility index (Phi) is 5.13. The molecule has 24 heavy (non-hydrogen) atoms. The molecular weight excluding hydrogens is 302 g/mol. The van der Waals surface area contributed by atoms with Crippen LogP contribution in [0, 0.1) is 6.92 Å². The SMILES string of the molecule is CCC(C(=O)N1CCCN(c2ccnc(C)c2)CC1)n1cccn1. The van der Waals surface area contributed by atoms with E-state index in [2.05, 4.69) is 21.0 Å². The highest BCUT2D eigenvalue weighted by molar-refractivity contribution is 5.80. The van der Waals surface area contributed by atoms with Gasteiger partial charge in [-0.25, -0.2) is 0 Å². The zero-order chi connectivity index (χ0) is 16.9. The predicted octanol–water partition coefficient (Wildman–Crippen LogP) is 2.28. The number of hydrogen-bond donors (Lipinski definition) is 0. The zero-order valence-corrected chi connectivity index (χ0v) is 14.4. The van der Waals surface area contributed by atoms with E-state index in [9.17, 15) is 4.79 Å². The third-order valence-electron chi connectivity index (χ3n) is 4.57. The first-order valence-corrected chi connectivity index (χ1v) is 8.64. The van der Waals surface area contributed by atoms with Crippen molar-refractivity contribution in [2.24, 2.45) is 0 Å². The maximum atomic E-state index is 12.9. The van der Waals surface area contributed by atoms with Crippen LogP contribution in [-0.4, -0.2) is 51.8 Å². The molecule has 1 aliphatic heterocycles. The Morgan fingerprint density at radius 3 is 2.83 bits per heavy atom. The van der Waals surface area contributed by atoms with Crippen molar-refractivity contribution in [3.63, 3.8) is 0 Å². The van der Waals surface area contributed by atoms with E-state index in [1.165, 1.54) is 5.69 Å². The van der Waals surface area contributed by atoms with Gasteiger partial charge in [-0.3, -0.25) is 14.5 Å². The minimum absolute atomic E-state index is 0.175. The largest absolute Gasteiger partial charge is 0.370 e. The second kappa shape index (κ2) is 7.47. The molecule has 3 rings (SSSR count). The summed E-state index contributed by atoms with van der Waals surface area (Å²) in [6.45, 7) is 7.41. The molecule has 0 N–H and O–H groups in total. The number of pyridine rings is 1. The minimum Gasteiger partial charge on any atom is -0.370 e. The van der Waals surface area contributed by atoms with Crippen molar-refractivity contribution in [3.05, 3.63) is 42.5 Å². The summed E-state index contributed by atoms with van der Waals surface area (Å²) in [4.78, 5) is 21.5. The van der Waals surface area contributed by atoms with Crippen LogP contribution in [0.2, 0.25) is 0 Å². The fraction of sp³-hybridized carbons (Fsp3) is 0.500. The minimum atomic E-state index is -0.199. The van der Waals surface area contributed by atoms with E-state index in [0.717, 1.165) is 44.7 Å². The van der Waals surface area contributed by atoms with Gasteiger partial charge in [0, 0.05) is 56.2 Å². The van der Waals surface area contributed by atoms with E-state index in [0.29, 0.717) is 0 Å². The van der Waals surface area contributed by atoms with Crippen LogP contribution in [0.1, 0.15) is 31.5 Å². The van der Waals surface area contributed by atoms with E-state index in [-0.39, 0.29) is 11.9 Å². The molecule has 3 heterocycles. The number of amides is 1. The Bertz CT molecular complexity index is 670. The Balaban J connectivity index is 1.67. The van der Waals surface area contributed by atoms with Crippen LogP contribution < -0.4 is 4.90 Å². The lowest BCUT2D eigenvalue weighted by molar-refractivity contribution is -0.135. The molecule has 0 spiro atoms. The Morgan fingerprint density at radius 1 is 1.25 bits per heavy atom. The highest BCUT2D eigenvalue weighted by Crippen LogP contribution is 2.19. The first-order valence-electron chi connectivity index (χ1n) is 8.64. The number of rotatable bonds is 4. The lowest BCUT2D eigenvalue weighted by Crippen LogP contribution is -2.40. The number of aryl methyl sites for hydroxylation is 1. The van der Waals surface area contributed by atoms with Gasteiger partial charge in [-0.2, -0.15) is 5.10 Å². The van der Waals surface area contributed by atoms with Gasteiger partial charge in [0.1, 0.15) is 6.04 Å². The Labute approximate surface area is 143 Å². The average molecular weight is 327 g/mol. The van der Waals surface area contributed by atoms with Gasteiger partial charge in [-0.15, -0.1) is 0 Å². The lowest BCUT2D eigenvalue weighted by Gasteiger charge is -2.26. The molecule has 0 aromatic carbocycles. The van der Waals surface area contributed by atoms with E-state index in [4.69, 9.17) is 0 Å². The zero-order valence-electron chi connectivity index (χ0n) is 14.4. The molecule has 1 unspecified atom stereocenters. The fourth-order valence-electron chi connectivity index (χ4n) is 3.27. The first-order chi connectivity index (χ1) is 11.7. The molecule has 1 aliphatic rings. The molecule has 0 radical (unpaired) electrons. The summed E-state index contributed by atoms with van der Waals surface area (Å²) < 4.78 is 1.78. The van der Waals surface area contributed by atoms with Crippen molar-refractivity contribution in [1.82, 2.24) is 19.7 Å². The smallest absolute Gasteiger partial charge is 0.247 e. The Morgan fingerprint density at radius 2 is 2.12 bits per heavy atom. The third-order valence-corrected chi connectivity index (χ3v) is 4.57. The fourth-order valence-corrected chi connectivity index (χ4v) is 3.27. The molecule has 1 fully saturated rings. The molecule has 0 bridgehead atoms. The van der Waals surface area contributed by atoms with Crippen molar-refractivity contribution in [2.75, 3.05) is 31.1 Å². The number of hydrogen-bond acceptors (Lipinski definition) is 4. The number of aromatic nitrogens is 3. The molecule has 1 saturated heterocycles. The van der Waals surface area contributed by atoms with Gasteiger partial charge < -0.3 is 9.80 Å². The predicted molar refractivity (Wildman–Crippen MR) is 93.9 cm³/mol. The molecule has 0 saturated carbocycles.